The summed E-state index contributed by atoms with van der Waals surface area (Å²) in [6.45, 7) is 4.16. The number of nitrogens with zero attached hydrogens (tertiary/aromatic N) is 1. The molecule has 2 atom stereocenters. The number of hydrogen-bond acceptors (Lipinski definition) is 3. The molecule has 0 amide bonds. The number of alkyl halides is 3. The predicted octanol–water partition coefficient (Wildman–Crippen LogP) is 1.48. The highest BCUT2D eigenvalue weighted by atomic mass is 19.4. The van der Waals surface area contributed by atoms with Crippen LogP contribution in [-0.4, -0.2) is 50.5 Å². The summed E-state index contributed by atoms with van der Waals surface area (Å²) in [4.78, 5) is 1.84. The number of hydrogen-bond donors (Lipinski definition) is 1. The second kappa shape index (κ2) is 6.56. The summed E-state index contributed by atoms with van der Waals surface area (Å²) < 4.78 is 43.6. The molecule has 0 radical (unpaired) electrons. The van der Waals surface area contributed by atoms with Crippen molar-refractivity contribution in [3.63, 3.8) is 0 Å². The average molecular weight is 254 g/mol. The third-order valence-electron chi connectivity index (χ3n) is 3.15. The number of likely N-dealkylation sites (tertiary alicyclic amines) is 1. The van der Waals surface area contributed by atoms with Crippen molar-refractivity contribution in [1.82, 2.24) is 4.90 Å². The Bertz CT molecular complexity index is 223. The summed E-state index contributed by atoms with van der Waals surface area (Å²) >= 11 is 0. The average Bonchev–Trinajstić information content (AvgIpc) is 2.66. The highest BCUT2D eigenvalue weighted by Crippen LogP contribution is 2.37. The molecule has 0 aliphatic carbocycles. The van der Waals surface area contributed by atoms with E-state index < -0.39 is 18.0 Å². The Hall–Kier alpha value is -0.330. The quantitative estimate of drug-likeness (QED) is 0.780. The molecule has 1 aliphatic heterocycles. The highest BCUT2D eigenvalue weighted by Gasteiger charge is 2.49. The summed E-state index contributed by atoms with van der Waals surface area (Å²) in [6, 6.07) is 0. The Morgan fingerprint density at radius 1 is 1.35 bits per heavy atom. The second-order valence-electron chi connectivity index (χ2n) is 4.47. The van der Waals surface area contributed by atoms with E-state index in [2.05, 4.69) is 0 Å². The molecule has 1 aliphatic rings. The van der Waals surface area contributed by atoms with Crippen molar-refractivity contribution < 1.29 is 17.9 Å². The van der Waals surface area contributed by atoms with E-state index in [1.807, 2.05) is 4.90 Å². The summed E-state index contributed by atoms with van der Waals surface area (Å²) in [5.41, 5.74) is 5.37. The Morgan fingerprint density at radius 2 is 2.06 bits per heavy atom. The first-order chi connectivity index (χ1) is 7.99. The van der Waals surface area contributed by atoms with Crippen molar-refractivity contribution in [2.75, 3.05) is 39.4 Å². The van der Waals surface area contributed by atoms with Gasteiger partial charge in [-0.25, -0.2) is 0 Å². The van der Waals surface area contributed by atoms with Gasteiger partial charge in [0.1, 0.15) is 0 Å². The van der Waals surface area contributed by atoms with Gasteiger partial charge >= 0.3 is 6.18 Å². The van der Waals surface area contributed by atoms with E-state index in [-0.39, 0.29) is 13.2 Å². The van der Waals surface area contributed by atoms with Crippen LogP contribution >= 0.6 is 0 Å². The largest absolute Gasteiger partial charge is 0.393 e. The van der Waals surface area contributed by atoms with Gasteiger partial charge in [-0.2, -0.15) is 13.2 Å². The van der Waals surface area contributed by atoms with E-state index in [1.54, 1.807) is 6.92 Å². The van der Waals surface area contributed by atoms with Gasteiger partial charge in [-0.3, -0.25) is 0 Å². The first-order valence-electron chi connectivity index (χ1n) is 6.06. The topological polar surface area (TPSA) is 38.5 Å². The zero-order valence-corrected chi connectivity index (χ0v) is 10.2. The van der Waals surface area contributed by atoms with Crippen molar-refractivity contribution in [1.29, 1.82) is 0 Å². The Balaban J connectivity index is 2.53. The van der Waals surface area contributed by atoms with Gasteiger partial charge in [0.2, 0.25) is 0 Å². The van der Waals surface area contributed by atoms with Crippen LogP contribution in [0.25, 0.3) is 0 Å². The van der Waals surface area contributed by atoms with Crippen LogP contribution in [0.15, 0.2) is 0 Å². The van der Waals surface area contributed by atoms with Gasteiger partial charge in [0.25, 0.3) is 0 Å². The van der Waals surface area contributed by atoms with E-state index in [0.717, 1.165) is 6.42 Å². The van der Waals surface area contributed by atoms with E-state index >= 15 is 0 Å². The molecule has 1 fully saturated rings. The van der Waals surface area contributed by atoms with Crippen molar-refractivity contribution in [2.24, 2.45) is 17.6 Å². The second-order valence-corrected chi connectivity index (χ2v) is 4.47. The molecule has 0 bridgehead atoms. The fourth-order valence-electron chi connectivity index (χ4n) is 2.27. The number of ether oxygens (including phenoxy) is 1. The predicted molar refractivity (Wildman–Crippen MR) is 59.6 cm³/mol. The van der Waals surface area contributed by atoms with Gasteiger partial charge in [0, 0.05) is 25.6 Å². The first kappa shape index (κ1) is 14.7. The molecule has 6 heteroatoms. The summed E-state index contributed by atoms with van der Waals surface area (Å²) in [5, 5.41) is 0. The monoisotopic (exact) mass is 254 g/mol. The first-order valence-corrected chi connectivity index (χ1v) is 6.06. The lowest BCUT2D eigenvalue weighted by atomic mass is 9.96. The van der Waals surface area contributed by atoms with Gasteiger partial charge in [0.15, 0.2) is 0 Å². The molecular weight excluding hydrogens is 233 g/mol. The van der Waals surface area contributed by atoms with E-state index in [9.17, 15) is 13.2 Å². The Kier molecular flexibility index (Phi) is 5.69. The number of halogens is 3. The van der Waals surface area contributed by atoms with E-state index in [1.165, 1.54) is 0 Å². The molecule has 0 aromatic rings. The summed E-state index contributed by atoms with van der Waals surface area (Å²) in [6.07, 6.45) is -3.38. The molecule has 1 rings (SSSR count). The molecule has 0 saturated carbocycles. The van der Waals surface area contributed by atoms with Crippen LogP contribution in [-0.2, 0) is 4.74 Å². The highest BCUT2D eigenvalue weighted by molar-refractivity contribution is 4.88. The number of nitrogens with two attached hydrogens (primary N) is 1. The maximum atomic E-state index is 12.8. The van der Waals surface area contributed by atoms with Crippen molar-refractivity contribution >= 4 is 0 Å². The number of rotatable bonds is 6. The SMILES string of the molecule is CCOCC1CN(CCCN)CC1C(F)(F)F. The zero-order chi connectivity index (χ0) is 12.9. The van der Waals surface area contributed by atoms with Gasteiger partial charge in [-0.15, -0.1) is 0 Å². The molecule has 2 unspecified atom stereocenters. The Labute approximate surface area is 100 Å². The molecule has 2 N–H and O–H groups in total. The fraction of sp³-hybridized carbons (Fsp3) is 1.00. The van der Waals surface area contributed by atoms with E-state index in [0.29, 0.717) is 26.2 Å². The van der Waals surface area contributed by atoms with Crippen molar-refractivity contribution in [3.05, 3.63) is 0 Å². The molecule has 0 spiro atoms. The standard InChI is InChI=1S/C11H21F3N2O/c1-2-17-8-9-6-16(5-3-4-15)7-10(9)11(12,13)14/h9-10H,2-8,15H2,1H3. The van der Waals surface area contributed by atoms with Gasteiger partial charge < -0.3 is 15.4 Å². The zero-order valence-electron chi connectivity index (χ0n) is 10.2. The lowest BCUT2D eigenvalue weighted by molar-refractivity contribution is -0.184. The van der Waals surface area contributed by atoms with Crippen LogP contribution in [0.2, 0.25) is 0 Å². The molecule has 1 saturated heterocycles. The van der Waals surface area contributed by atoms with Gasteiger partial charge in [0.05, 0.1) is 12.5 Å². The minimum absolute atomic E-state index is 0.0846. The van der Waals surface area contributed by atoms with Crippen LogP contribution in [0.3, 0.4) is 0 Å². The minimum atomic E-state index is -4.13. The molecular formula is C11H21F3N2O. The van der Waals surface area contributed by atoms with Gasteiger partial charge in [-0.1, -0.05) is 0 Å². The molecule has 0 aromatic carbocycles. The van der Waals surface area contributed by atoms with Crippen LogP contribution in [0.5, 0.6) is 0 Å². The third-order valence-corrected chi connectivity index (χ3v) is 3.15. The maximum absolute atomic E-state index is 12.8. The fourth-order valence-corrected chi connectivity index (χ4v) is 2.27. The Morgan fingerprint density at radius 3 is 2.59 bits per heavy atom. The van der Waals surface area contributed by atoms with Crippen molar-refractivity contribution in [3.8, 4) is 0 Å². The van der Waals surface area contributed by atoms with Crippen LogP contribution in [0.1, 0.15) is 13.3 Å². The van der Waals surface area contributed by atoms with Crippen LogP contribution in [0, 0.1) is 11.8 Å². The molecule has 17 heavy (non-hydrogen) atoms. The minimum Gasteiger partial charge on any atom is -0.381 e. The lowest BCUT2D eigenvalue weighted by Crippen LogP contribution is -2.32. The maximum Gasteiger partial charge on any atom is 0.393 e. The van der Waals surface area contributed by atoms with Gasteiger partial charge in [-0.05, 0) is 26.4 Å². The molecule has 1 heterocycles. The van der Waals surface area contributed by atoms with Crippen LogP contribution in [0.4, 0.5) is 13.2 Å². The third kappa shape index (κ3) is 4.44. The molecule has 0 aromatic heterocycles. The summed E-state index contributed by atoms with van der Waals surface area (Å²) in [7, 11) is 0. The normalized spacial score (nSPS) is 26.6. The van der Waals surface area contributed by atoms with Crippen LogP contribution < -0.4 is 5.73 Å². The molecule has 102 valence electrons. The van der Waals surface area contributed by atoms with Crippen molar-refractivity contribution in [2.45, 2.75) is 19.5 Å². The molecule has 3 nitrogen and oxygen atoms in total. The van der Waals surface area contributed by atoms with E-state index in [4.69, 9.17) is 10.5 Å². The smallest absolute Gasteiger partial charge is 0.381 e. The summed E-state index contributed by atoms with van der Waals surface area (Å²) in [5.74, 6) is -1.69. The lowest BCUT2D eigenvalue weighted by Gasteiger charge is -2.20.